The van der Waals surface area contributed by atoms with Crippen LogP contribution in [0.1, 0.15) is 137 Å². The van der Waals surface area contributed by atoms with Gasteiger partial charge in [0.25, 0.3) is 58.2 Å². The lowest BCUT2D eigenvalue weighted by Gasteiger charge is -2.27. The molecule has 28 heteroatoms. The molecule has 0 fully saturated rings. The fourth-order valence-electron chi connectivity index (χ4n) is 9.97. The van der Waals surface area contributed by atoms with Crippen molar-refractivity contribution in [1.82, 2.24) is 16.0 Å². The normalized spacial score (nSPS) is 15.1. The summed E-state index contributed by atoms with van der Waals surface area (Å²) >= 11 is 0. The standard InChI is InChI=1S/C56H69N5O19S4/c1-7-9-11-13-27-79-45-35-39(54(65)66)36-46(80-28-14-12-10-8-2)42(45)37-59-52(63)40-19-15-20-43-49(40)55(3,4)47(60(43)25-17-29-81(67,68)69)21-16-22-48-56(5,6)50-41(53(64)58-24-32-84(76,77)78)33-38(51(62)57-23-31-83(73,74)75)34-44(50)61(48)26-18-30-82(70,71)72/h1-2,15-16,19-22,33-36H,9-14,17-18,23-32,37H2,3-6H3,(H7-,57,58,59,62,63,64,65,66,67,68,69,70,71,72,73,74,75,76,77,78)/p+1. The number of carbonyl (C=O) groups is 4. The Labute approximate surface area is 490 Å². The maximum Gasteiger partial charge on any atom is 0.335 e. The van der Waals surface area contributed by atoms with Gasteiger partial charge in [0.05, 0.1) is 70.4 Å². The summed E-state index contributed by atoms with van der Waals surface area (Å²) in [5.41, 5.74) is 0.0829. The second-order valence-electron chi connectivity index (χ2n) is 20.8. The third-order valence-electron chi connectivity index (χ3n) is 13.8. The van der Waals surface area contributed by atoms with Crippen molar-refractivity contribution in [2.75, 3.05) is 67.3 Å². The molecule has 2 aliphatic rings. The van der Waals surface area contributed by atoms with Crippen LogP contribution in [0.5, 0.6) is 11.5 Å². The minimum atomic E-state index is -4.55. The van der Waals surface area contributed by atoms with E-state index >= 15 is 0 Å². The van der Waals surface area contributed by atoms with Gasteiger partial charge in [0.1, 0.15) is 18.0 Å². The smallest absolute Gasteiger partial charge is 0.335 e. The van der Waals surface area contributed by atoms with Crippen LogP contribution in [0.25, 0.3) is 0 Å². The first kappa shape index (κ1) is 67.6. The van der Waals surface area contributed by atoms with Crippen molar-refractivity contribution >= 4 is 81.2 Å². The number of aromatic carboxylic acids is 1. The summed E-state index contributed by atoms with van der Waals surface area (Å²) in [4.78, 5) is 56.3. The van der Waals surface area contributed by atoms with E-state index < -0.39 is 111 Å². The number of hydrogen-bond donors (Lipinski definition) is 8. The molecule has 0 radical (unpaired) electrons. The summed E-state index contributed by atoms with van der Waals surface area (Å²) in [6, 6.07) is 10.2. The van der Waals surface area contributed by atoms with Crippen LogP contribution >= 0.6 is 0 Å². The van der Waals surface area contributed by atoms with Gasteiger partial charge in [-0.2, -0.15) is 38.2 Å². The van der Waals surface area contributed by atoms with E-state index in [1.165, 1.54) is 24.3 Å². The average molecular weight is 1250 g/mol. The molecule has 3 aromatic carbocycles. The van der Waals surface area contributed by atoms with E-state index in [0.29, 0.717) is 66.7 Å². The highest BCUT2D eigenvalue weighted by atomic mass is 32.2. The summed E-state index contributed by atoms with van der Waals surface area (Å²) in [7, 11) is -18.0. The summed E-state index contributed by atoms with van der Waals surface area (Å²) < 4.78 is 147. The highest BCUT2D eigenvalue weighted by Gasteiger charge is 2.48. The molecular formula is C56H70N5O19S4+. The van der Waals surface area contributed by atoms with Crippen LogP contribution in [0.3, 0.4) is 0 Å². The van der Waals surface area contributed by atoms with E-state index in [-0.39, 0.29) is 90.7 Å². The molecule has 3 amide bonds. The fraction of sp³-hybridized carbons (Fsp3) is 0.446. The number of ether oxygens (including phenoxy) is 2. The average Bonchev–Trinajstić information content (AvgIpc) is 1.66. The van der Waals surface area contributed by atoms with Gasteiger partial charge in [0, 0.05) is 84.5 Å². The predicted molar refractivity (Wildman–Crippen MR) is 314 cm³/mol. The number of unbranched alkanes of at least 4 members (excludes halogenated alkanes) is 4. The van der Waals surface area contributed by atoms with Crippen molar-refractivity contribution in [3.05, 3.63) is 105 Å². The molecule has 2 aliphatic heterocycles. The number of carboxylic acids is 1. The molecule has 0 aliphatic carbocycles. The van der Waals surface area contributed by atoms with Gasteiger partial charge in [0.2, 0.25) is 5.69 Å². The highest BCUT2D eigenvalue weighted by molar-refractivity contribution is 7.86. The number of carbonyl (C=O) groups excluding carboxylic acids is 3. The second-order valence-corrected chi connectivity index (χ2v) is 27.1. The SMILES string of the molecule is C#CCCCCOc1cc(C(=O)O)cc(OCCCCC#C)c1CNC(=O)c1cccc2c1C(C)(C)C(C=CC=C1N(CCCS(=O)(=O)O)c3cc(C(=O)NCCS(=O)(=O)O)cc(C(=O)NCCS(=O)(=O)O)c3C1(C)C)=[N+]2CCCS(=O)(=O)O. The minimum absolute atomic E-state index is 0.00136. The van der Waals surface area contributed by atoms with Gasteiger partial charge in [-0.05, 0) is 82.4 Å². The molecule has 0 aromatic heterocycles. The number of nitrogens with one attached hydrogen (secondary N) is 3. The van der Waals surface area contributed by atoms with Crippen molar-refractivity contribution in [2.24, 2.45) is 0 Å². The third kappa shape index (κ3) is 18.7. The Balaban J connectivity index is 1.62. The first-order chi connectivity index (χ1) is 39.2. The first-order valence-corrected chi connectivity index (χ1v) is 33.0. The molecule has 456 valence electrons. The van der Waals surface area contributed by atoms with Gasteiger partial charge in [-0.25, -0.2) is 4.79 Å². The molecule has 84 heavy (non-hydrogen) atoms. The number of amides is 3. The molecule has 0 spiro atoms. The summed E-state index contributed by atoms with van der Waals surface area (Å²) in [6.07, 6.45) is 18.9. The van der Waals surface area contributed by atoms with E-state index in [9.17, 15) is 76.2 Å². The molecule has 2 heterocycles. The van der Waals surface area contributed by atoms with E-state index in [2.05, 4.69) is 27.8 Å². The Kier molecular flexibility index (Phi) is 23.0. The van der Waals surface area contributed by atoms with Crippen molar-refractivity contribution in [1.29, 1.82) is 0 Å². The zero-order chi connectivity index (χ0) is 62.4. The maximum absolute atomic E-state index is 14.7. The second kappa shape index (κ2) is 28.6. The summed E-state index contributed by atoms with van der Waals surface area (Å²) in [5.74, 6) is -1.24. The number of carboxylic acid groups (broad SMARTS) is 1. The van der Waals surface area contributed by atoms with Crippen molar-refractivity contribution in [3.63, 3.8) is 0 Å². The Hall–Kier alpha value is -7.15. The molecule has 5 rings (SSSR count). The Bertz CT molecular complexity index is 3630. The van der Waals surface area contributed by atoms with Gasteiger partial charge in [-0.1, -0.05) is 26.0 Å². The van der Waals surface area contributed by atoms with Gasteiger partial charge in [-0.15, -0.1) is 24.7 Å². The third-order valence-corrected chi connectivity index (χ3v) is 16.8. The first-order valence-electron chi connectivity index (χ1n) is 26.5. The lowest BCUT2D eigenvalue weighted by molar-refractivity contribution is -0.437. The molecular weight excluding hydrogens is 1170 g/mol. The molecule has 0 saturated heterocycles. The molecule has 3 aromatic rings. The number of terminal acetylenes is 2. The van der Waals surface area contributed by atoms with Crippen LogP contribution in [0, 0.1) is 24.7 Å². The van der Waals surface area contributed by atoms with Crippen LogP contribution in [-0.2, 0) is 57.8 Å². The minimum Gasteiger partial charge on any atom is -0.493 e. The zero-order valence-corrected chi connectivity index (χ0v) is 50.1. The number of fused-ring (bicyclic) bond motifs is 2. The van der Waals surface area contributed by atoms with Crippen LogP contribution in [0.4, 0.5) is 11.4 Å². The van der Waals surface area contributed by atoms with Crippen LogP contribution in [-0.4, -0.2) is 153 Å². The van der Waals surface area contributed by atoms with E-state index in [0.717, 1.165) is 0 Å². The Morgan fingerprint density at radius 1 is 0.643 bits per heavy atom. The summed E-state index contributed by atoms with van der Waals surface area (Å²) in [6.45, 7) is 5.93. The largest absolute Gasteiger partial charge is 0.493 e. The van der Waals surface area contributed by atoms with Crippen molar-refractivity contribution < 1.29 is 90.2 Å². The van der Waals surface area contributed by atoms with Crippen LogP contribution < -0.4 is 30.3 Å². The lowest BCUT2D eigenvalue weighted by atomic mass is 9.78. The van der Waals surface area contributed by atoms with E-state index in [1.807, 2.05) is 13.8 Å². The van der Waals surface area contributed by atoms with Crippen molar-refractivity contribution in [3.8, 4) is 36.2 Å². The molecule has 0 bridgehead atoms. The van der Waals surface area contributed by atoms with Crippen LogP contribution in [0.15, 0.2) is 66.4 Å². The zero-order valence-electron chi connectivity index (χ0n) is 46.8. The fourth-order valence-corrected chi connectivity index (χ4v) is 11.7. The number of allylic oxidation sites excluding steroid dienone is 4. The molecule has 24 nitrogen and oxygen atoms in total. The van der Waals surface area contributed by atoms with E-state index in [1.54, 1.807) is 59.8 Å². The number of anilines is 1. The topological polar surface area (TPSA) is 367 Å². The maximum atomic E-state index is 14.7. The Morgan fingerprint density at radius 2 is 1.18 bits per heavy atom. The van der Waals surface area contributed by atoms with Gasteiger partial charge < -0.3 is 35.4 Å². The highest BCUT2D eigenvalue weighted by Crippen LogP contribution is 2.50. The van der Waals surface area contributed by atoms with E-state index in [4.69, 9.17) is 22.3 Å². The van der Waals surface area contributed by atoms with Gasteiger partial charge in [0.15, 0.2) is 5.71 Å². The Morgan fingerprint density at radius 3 is 1.71 bits per heavy atom. The number of benzene rings is 3. The van der Waals surface area contributed by atoms with Gasteiger partial charge >= 0.3 is 5.97 Å². The number of nitrogens with zero attached hydrogens (tertiary/aromatic N) is 2. The summed E-state index contributed by atoms with van der Waals surface area (Å²) in [5, 5.41) is 17.8. The molecule has 0 atom stereocenters. The molecule has 0 unspecified atom stereocenters. The van der Waals surface area contributed by atoms with Gasteiger partial charge in [-0.3, -0.25) is 32.6 Å². The monoisotopic (exact) mass is 1240 g/mol. The molecule has 0 saturated carbocycles. The quantitative estimate of drug-likeness (QED) is 0.0175. The predicted octanol–water partition coefficient (Wildman–Crippen LogP) is 5.08. The number of rotatable bonds is 32. The number of hydrogen-bond acceptors (Lipinski definition) is 15. The lowest BCUT2D eigenvalue weighted by Crippen LogP contribution is -2.32. The molecule has 8 N–H and O–H groups in total. The van der Waals surface area contributed by atoms with Crippen LogP contribution in [0.2, 0.25) is 0 Å². The van der Waals surface area contributed by atoms with Crippen molar-refractivity contribution in [2.45, 2.75) is 96.4 Å².